The second kappa shape index (κ2) is 5.70. The molecule has 110 valence electrons. The molecule has 20 heavy (non-hydrogen) atoms. The molecule has 1 N–H and O–H groups in total. The summed E-state index contributed by atoms with van der Waals surface area (Å²) in [7, 11) is 0. The van der Waals surface area contributed by atoms with E-state index in [4.69, 9.17) is 4.42 Å². The van der Waals surface area contributed by atoms with Crippen molar-refractivity contribution >= 4 is 0 Å². The second-order valence-corrected chi connectivity index (χ2v) is 4.85. The lowest BCUT2D eigenvalue weighted by Crippen LogP contribution is -2.21. The van der Waals surface area contributed by atoms with Gasteiger partial charge in [0, 0.05) is 24.3 Å². The molecule has 0 saturated heterocycles. The van der Waals surface area contributed by atoms with Crippen molar-refractivity contribution in [2.45, 2.75) is 39.2 Å². The largest absolute Gasteiger partial charge is 0.467 e. The van der Waals surface area contributed by atoms with Crippen molar-refractivity contribution in [3.8, 4) is 0 Å². The minimum absolute atomic E-state index is 0.178. The van der Waals surface area contributed by atoms with Gasteiger partial charge in [0.1, 0.15) is 5.76 Å². The molecule has 2 aromatic rings. The third-order valence-corrected chi connectivity index (χ3v) is 2.67. The van der Waals surface area contributed by atoms with Gasteiger partial charge in [-0.25, -0.2) is 0 Å². The van der Waals surface area contributed by atoms with E-state index >= 15 is 0 Å². The van der Waals surface area contributed by atoms with Crippen LogP contribution < -0.4 is 5.32 Å². The van der Waals surface area contributed by atoms with E-state index in [-0.39, 0.29) is 6.54 Å². The topological polar surface area (TPSA) is 43.0 Å². The number of alkyl halides is 3. The zero-order valence-corrected chi connectivity index (χ0v) is 11.2. The molecule has 2 rings (SSSR count). The summed E-state index contributed by atoms with van der Waals surface area (Å²) < 4.78 is 43.8. The van der Waals surface area contributed by atoms with Gasteiger partial charge in [-0.3, -0.25) is 4.68 Å². The Labute approximate surface area is 114 Å². The van der Waals surface area contributed by atoms with Gasteiger partial charge in [0.2, 0.25) is 0 Å². The molecule has 0 amide bonds. The van der Waals surface area contributed by atoms with Crippen LogP contribution in [0.25, 0.3) is 0 Å². The summed E-state index contributed by atoms with van der Waals surface area (Å²) in [5, 5.41) is 6.71. The van der Waals surface area contributed by atoms with E-state index in [9.17, 15) is 13.2 Å². The normalized spacial score (nSPS) is 12.3. The lowest BCUT2D eigenvalue weighted by atomic mass is 10.3. The van der Waals surface area contributed by atoms with Crippen molar-refractivity contribution in [1.29, 1.82) is 0 Å². The Balaban J connectivity index is 1.98. The molecule has 0 unspecified atom stereocenters. The predicted octanol–water partition coefficient (Wildman–Crippen LogP) is 3.04. The van der Waals surface area contributed by atoms with Crippen LogP contribution in [0.1, 0.15) is 30.9 Å². The van der Waals surface area contributed by atoms with E-state index in [1.54, 1.807) is 6.26 Å². The fraction of sp³-hybridized carbons (Fsp3) is 0.462. The van der Waals surface area contributed by atoms with Crippen LogP contribution in [0.15, 0.2) is 29.0 Å². The molecule has 4 nitrogen and oxygen atoms in total. The molecule has 2 heterocycles. The Morgan fingerprint density at radius 2 is 2.15 bits per heavy atom. The summed E-state index contributed by atoms with van der Waals surface area (Å²) in [6.07, 6.45) is -1.53. The Bertz CT molecular complexity index is 557. The first-order valence-corrected chi connectivity index (χ1v) is 6.25. The van der Waals surface area contributed by atoms with Crippen molar-refractivity contribution in [3.05, 3.63) is 41.6 Å². The van der Waals surface area contributed by atoms with Gasteiger partial charge >= 0.3 is 6.18 Å². The van der Waals surface area contributed by atoms with E-state index in [1.807, 2.05) is 19.9 Å². The van der Waals surface area contributed by atoms with Crippen LogP contribution >= 0.6 is 0 Å². The van der Waals surface area contributed by atoms with Gasteiger partial charge in [-0.2, -0.15) is 18.3 Å². The van der Waals surface area contributed by atoms with E-state index in [1.165, 1.54) is 10.9 Å². The summed E-state index contributed by atoms with van der Waals surface area (Å²) in [6.45, 7) is 4.90. The SMILES string of the molecule is CC(C)NCc1coc(Cn2ccc(C(F)(F)F)n2)c1. The third kappa shape index (κ3) is 3.86. The summed E-state index contributed by atoms with van der Waals surface area (Å²) in [5.41, 5.74) is 0.0580. The molecule has 0 bridgehead atoms. The van der Waals surface area contributed by atoms with Crippen molar-refractivity contribution < 1.29 is 17.6 Å². The maximum Gasteiger partial charge on any atom is 0.435 e. The van der Waals surface area contributed by atoms with Crippen molar-refractivity contribution in [2.75, 3.05) is 0 Å². The van der Waals surface area contributed by atoms with Crippen molar-refractivity contribution in [2.24, 2.45) is 0 Å². The van der Waals surface area contributed by atoms with Gasteiger partial charge in [-0.1, -0.05) is 13.8 Å². The number of hydrogen-bond acceptors (Lipinski definition) is 3. The van der Waals surface area contributed by atoms with Gasteiger partial charge in [0.15, 0.2) is 5.69 Å². The molecule has 0 aliphatic rings. The number of furan rings is 1. The molecule has 0 fully saturated rings. The molecular weight excluding hydrogens is 271 g/mol. The summed E-state index contributed by atoms with van der Waals surface area (Å²) in [6, 6.07) is 3.11. The fourth-order valence-corrected chi connectivity index (χ4v) is 1.68. The average molecular weight is 287 g/mol. The first-order valence-electron chi connectivity index (χ1n) is 6.25. The van der Waals surface area contributed by atoms with Crippen LogP contribution in [0.5, 0.6) is 0 Å². The molecule has 0 aliphatic heterocycles. The second-order valence-electron chi connectivity index (χ2n) is 4.85. The van der Waals surface area contributed by atoms with Gasteiger partial charge in [-0.05, 0) is 12.1 Å². The molecular formula is C13H16F3N3O. The molecule has 0 aliphatic carbocycles. The summed E-state index contributed by atoms with van der Waals surface area (Å²) in [5.74, 6) is 0.572. The number of nitrogens with zero attached hydrogens (tertiary/aromatic N) is 2. The highest BCUT2D eigenvalue weighted by atomic mass is 19.4. The minimum atomic E-state index is -4.42. The van der Waals surface area contributed by atoms with Crippen molar-refractivity contribution in [3.63, 3.8) is 0 Å². The number of rotatable bonds is 5. The van der Waals surface area contributed by atoms with Crippen molar-refractivity contribution in [1.82, 2.24) is 15.1 Å². The lowest BCUT2D eigenvalue weighted by Gasteiger charge is -2.04. The number of nitrogens with one attached hydrogen (secondary N) is 1. The number of hydrogen-bond donors (Lipinski definition) is 1. The van der Waals surface area contributed by atoms with Gasteiger partial charge in [0.25, 0.3) is 0 Å². The zero-order chi connectivity index (χ0) is 14.8. The van der Waals surface area contributed by atoms with E-state index in [0.29, 0.717) is 18.3 Å². The first kappa shape index (κ1) is 14.6. The molecule has 2 aromatic heterocycles. The van der Waals surface area contributed by atoms with Crippen LogP contribution in [-0.4, -0.2) is 15.8 Å². The van der Waals surface area contributed by atoms with Crippen LogP contribution in [0.3, 0.4) is 0 Å². The maximum absolute atomic E-state index is 12.4. The van der Waals surface area contributed by atoms with E-state index < -0.39 is 11.9 Å². The van der Waals surface area contributed by atoms with Crippen LogP contribution in [0.2, 0.25) is 0 Å². The predicted molar refractivity (Wildman–Crippen MR) is 67.0 cm³/mol. The quantitative estimate of drug-likeness (QED) is 0.919. The smallest absolute Gasteiger partial charge is 0.435 e. The first-order chi connectivity index (χ1) is 9.34. The number of halogens is 3. The standard InChI is InChI=1S/C13H16F3N3O/c1-9(2)17-6-10-5-11(20-8-10)7-19-4-3-12(18-19)13(14,15)16/h3-5,8-9,17H,6-7H2,1-2H3. The molecule has 0 saturated carbocycles. The Kier molecular flexibility index (Phi) is 4.17. The molecule has 0 spiro atoms. The van der Waals surface area contributed by atoms with E-state index in [2.05, 4.69) is 10.4 Å². The van der Waals surface area contributed by atoms with Crippen LogP contribution in [0.4, 0.5) is 13.2 Å². The minimum Gasteiger partial charge on any atom is -0.467 e. The summed E-state index contributed by atoms with van der Waals surface area (Å²) >= 11 is 0. The Morgan fingerprint density at radius 1 is 1.40 bits per heavy atom. The monoisotopic (exact) mass is 287 g/mol. The Morgan fingerprint density at radius 3 is 2.75 bits per heavy atom. The van der Waals surface area contributed by atoms with Gasteiger partial charge in [-0.15, -0.1) is 0 Å². The number of aromatic nitrogens is 2. The highest BCUT2D eigenvalue weighted by Crippen LogP contribution is 2.27. The highest BCUT2D eigenvalue weighted by molar-refractivity contribution is 5.13. The molecule has 0 atom stereocenters. The third-order valence-electron chi connectivity index (χ3n) is 2.67. The zero-order valence-electron chi connectivity index (χ0n) is 11.2. The van der Waals surface area contributed by atoms with Gasteiger partial charge in [0.05, 0.1) is 12.8 Å². The summed E-state index contributed by atoms with van der Waals surface area (Å²) in [4.78, 5) is 0. The lowest BCUT2D eigenvalue weighted by molar-refractivity contribution is -0.141. The fourth-order valence-electron chi connectivity index (χ4n) is 1.68. The highest BCUT2D eigenvalue weighted by Gasteiger charge is 2.33. The Hall–Kier alpha value is -1.76. The van der Waals surface area contributed by atoms with Crippen LogP contribution in [0, 0.1) is 0 Å². The van der Waals surface area contributed by atoms with E-state index in [0.717, 1.165) is 11.6 Å². The van der Waals surface area contributed by atoms with Gasteiger partial charge < -0.3 is 9.73 Å². The van der Waals surface area contributed by atoms with Crippen LogP contribution in [-0.2, 0) is 19.3 Å². The molecule has 0 aromatic carbocycles. The maximum atomic E-state index is 12.4. The molecule has 0 radical (unpaired) electrons. The molecule has 7 heteroatoms. The average Bonchev–Trinajstić information content (AvgIpc) is 2.95.